The van der Waals surface area contributed by atoms with Crippen LogP contribution in [0.4, 0.5) is 4.39 Å². The number of rotatable bonds is 4. The van der Waals surface area contributed by atoms with Gasteiger partial charge in [-0.1, -0.05) is 41.9 Å². The van der Waals surface area contributed by atoms with Crippen molar-refractivity contribution in [2.24, 2.45) is 0 Å². The summed E-state index contributed by atoms with van der Waals surface area (Å²) in [6.45, 7) is 0. The summed E-state index contributed by atoms with van der Waals surface area (Å²) in [5.41, 5.74) is 1.67. The van der Waals surface area contributed by atoms with E-state index in [1.807, 2.05) is 18.2 Å². The lowest BCUT2D eigenvalue weighted by Gasteiger charge is -2.07. The smallest absolute Gasteiger partial charge is 0.137 e. The minimum atomic E-state index is -1.15. The average Bonchev–Trinajstić information content (AvgIpc) is 2.41. The van der Waals surface area contributed by atoms with E-state index in [9.17, 15) is 8.94 Å². The van der Waals surface area contributed by atoms with Gasteiger partial charge in [0.15, 0.2) is 0 Å². The highest BCUT2D eigenvalue weighted by molar-refractivity contribution is 7.93. The number of hydrogen-bond donors (Lipinski definition) is 0. The Bertz CT molecular complexity index is 569. The highest BCUT2D eigenvalue weighted by Gasteiger charge is 2.07. The van der Waals surface area contributed by atoms with Crippen molar-refractivity contribution in [1.29, 1.82) is 0 Å². The molecule has 1 unspecified atom stereocenters. The quantitative estimate of drug-likeness (QED) is 0.767. The molecule has 0 aromatic heterocycles. The van der Waals surface area contributed by atoms with Crippen molar-refractivity contribution in [2.75, 3.05) is 0 Å². The fraction of sp³-hybridized carbons (Fsp3) is 0.0667. The van der Waals surface area contributed by atoms with E-state index >= 15 is 0 Å². The molecule has 0 aliphatic rings. The first kappa shape index (κ1) is 14.1. The van der Waals surface area contributed by atoms with E-state index in [4.69, 9.17) is 11.6 Å². The van der Waals surface area contributed by atoms with Crippen LogP contribution < -0.4 is 0 Å². The van der Waals surface area contributed by atoms with Gasteiger partial charge in [-0.05, 0) is 41.0 Å². The summed E-state index contributed by atoms with van der Waals surface area (Å²) in [6.07, 6.45) is 1.71. The lowest BCUT2D eigenvalue weighted by Crippen LogP contribution is -2.00. The third-order valence-electron chi connectivity index (χ3n) is 2.54. The van der Waals surface area contributed by atoms with Crippen molar-refractivity contribution in [3.8, 4) is 0 Å². The Morgan fingerprint density at radius 1 is 1.11 bits per heavy atom. The lowest BCUT2D eigenvalue weighted by atomic mass is 10.2. The maximum atomic E-state index is 12.7. The third kappa shape index (κ3) is 4.39. The fourth-order valence-electron chi connectivity index (χ4n) is 1.55. The van der Waals surface area contributed by atoms with Crippen LogP contribution in [0.25, 0.3) is 6.08 Å². The molecule has 0 amide bonds. The minimum absolute atomic E-state index is 0.283. The van der Waals surface area contributed by atoms with Crippen molar-refractivity contribution in [3.63, 3.8) is 0 Å². The van der Waals surface area contributed by atoms with E-state index in [1.54, 1.807) is 29.7 Å². The molecule has 98 valence electrons. The molecule has 0 fully saturated rings. The van der Waals surface area contributed by atoms with E-state index in [0.29, 0.717) is 10.8 Å². The van der Waals surface area contributed by atoms with Crippen LogP contribution in [0.2, 0.25) is 5.02 Å². The van der Waals surface area contributed by atoms with Gasteiger partial charge in [0.2, 0.25) is 0 Å². The molecule has 0 saturated carbocycles. The van der Waals surface area contributed by atoms with Crippen LogP contribution >= 0.6 is 11.6 Å². The third-order valence-corrected chi connectivity index (χ3v) is 3.94. The standard InChI is InChI=1S/C15H12ClFOS/c16-15-4-2-1-3-13(15)11-19(18)10-9-12-5-7-14(17)8-6-12/h1-10H,11H2. The predicted octanol–water partition coefficient (Wildman–Crippen LogP) is 4.40. The Balaban J connectivity index is 1.99. The monoisotopic (exact) mass is 294 g/mol. The van der Waals surface area contributed by atoms with Crippen LogP contribution in [0, 0.1) is 5.82 Å². The highest BCUT2D eigenvalue weighted by Crippen LogP contribution is 2.18. The van der Waals surface area contributed by atoms with Gasteiger partial charge in [0, 0.05) is 10.6 Å². The van der Waals surface area contributed by atoms with Gasteiger partial charge in [-0.15, -0.1) is 0 Å². The van der Waals surface area contributed by atoms with Crippen molar-refractivity contribution >= 4 is 28.9 Å². The van der Waals surface area contributed by atoms with E-state index in [0.717, 1.165) is 11.1 Å². The molecule has 4 heteroatoms. The van der Waals surface area contributed by atoms with Gasteiger partial charge in [-0.3, -0.25) is 0 Å². The lowest BCUT2D eigenvalue weighted by molar-refractivity contribution is 0.603. The largest absolute Gasteiger partial charge is 0.612 e. The molecule has 0 aliphatic carbocycles. The zero-order chi connectivity index (χ0) is 13.7. The Morgan fingerprint density at radius 2 is 1.79 bits per heavy atom. The summed E-state index contributed by atoms with van der Waals surface area (Å²) in [5, 5.41) is 2.21. The van der Waals surface area contributed by atoms with Crippen molar-refractivity contribution < 1.29 is 8.94 Å². The van der Waals surface area contributed by atoms with Crippen LogP contribution in [0.1, 0.15) is 11.1 Å². The van der Waals surface area contributed by atoms with Gasteiger partial charge < -0.3 is 4.55 Å². The van der Waals surface area contributed by atoms with E-state index in [2.05, 4.69) is 0 Å². The highest BCUT2D eigenvalue weighted by atomic mass is 35.5. The summed E-state index contributed by atoms with van der Waals surface area (Å²) in [6, 6.07) is 13.3. The average molecular weight is 295 g/mol. The molecule has 2 aromatic carbocycles. The van der Waals surface area contributed by atoms with Crippen LogP contribution in [0.3, 0.4) is 0 Å². The van der Waals surface area contributed by atoms with Gasteiger partial charge in [0.25, 0.3) is 0 Å². The molecule has 0 radical (unpaired) electrons. The summed E-state index contributed by atoms with van der Waals surface area (Å²) >= 11 is 4.86. The molecule has 0 aliphatic heterocycles. The molecule has 19 heavy (non-hydrogen) atoms. The second-order valence-corrected chi connectivity index (χ2v) is 5.70. The van der Waals surface area contributed by atoms with Gasteiger partial charge in [-0.25, -0.2) is 4.39 Å². The maximum absolute atomic E-state index is 12.7. The molecule has 1 atom stereocenters. The number of halogens is 2. The van der Waals surface area contributed by atoms with E-state index in [-0.39, 0.29) is 5.82 Å². The normalized spacial score (nSPS) is 12.8. The summed E-state index contributed by atoms with van der Waals surface area (Å²) in [4.78, 5) is 0. The molecule has 2 aromatic rings. The first-order valence-corrected chi connectivity index (χ1v) is 7.45. The van der Waals surface area contributed by atoms with Crippen LogP contribution in [0.5, 0.6) is 0 Å². The Hall–Kier alpha value is -1.29. The number of hydrogen-bond acceptors (Lipinski definition) is 1. The van der Waals surface area contributed by atoms with E-state index < -0.39 is 11.2 Å². The zero-order valence-electron chi connectivity index (χ0n) is 10.1. The Labute approximate surface area is 119 Å². The maximum Gasteiger partial charge on any atom is 0.137 e. The van der Waals surface area contributed by atoms with Crippen LogP contribution in [0.15, 0.2) is 53.9 Å². The van der Waals surface area contributed by atoms with Gasteiger partial charge in [0.05, 0.1) is 0 Å². The zero-order valence-corrected chi connectivity index (χ0v) is 11.6. The van der Waals surface area contributed by atoms with Crippen LogP contribution in [-0.2, 0) is 16.9 Å². The first-order valence-electron chi connectivity index (χ1n) is 5.69. The summed E-state index contributed by atoms with van der Waals surface area (Å²) < 4.78 is 24.6. The predicted molar refractivity (Wildman–Crippen MR) is 78.7 cm³/mol. The summed E-state index contributed by atoms with van der Waals surface area (Å²) in [7, 11) is 0. The Morgan fingerprint density at radius 3 is 2.47 bits per heavy atom. The first-order chi connectivity index (χ1) is 9.15. The van der Waals surface area contributed by atoms with Gasteiger partial charge in [0.1, 0.15) is 17.0 Å². The molecule has 0 N–H and O–H groups in total. The molecule has 2 rings (SSSR count). The fourth-order valence-corrected chi connectivity index (χ4v) is 2.79. The molecule has 0 saturated heterocycles. The van der Waals surface area contributed by atoms with Gasteiger partial charge >= 0.3 is 0 Å². The molecular weight excluding hydrogens is 283 g/mol. The van der Waals surface area contributed by atoms with Crippen LogP contribution in [-0.4, -0.2) is 4.55 Å². The van der Waals surface area contributed by atoms with Crippen molar-refractivity contribution in [1.82, 2.24) is 0 Å². The molecule has 0 bridgehead atoms. The molecular formula is C15H12ClFOS. The summed E-state index contributed by atoms with van der Waals surface area (Å²) in [5.74, 6) is 0.0894. The van der Waals surface area contributed by atoms with Crippen molar-refractivity contribution in [3.05, 3.63) is 75.9 Å². The molecule has 0 heterocycles. The van der Waals surface area contributed by atoms with Crippen molar-refractivity contribution in [2.45, 2.75) is 5.75 Å². The second-order valence-electron chi connectivity index (χ2n) is 3.97. The molecule has 1 nitrogen and oxygen atoms in total. The molecule has 0 spiro atoms. The second kappa shape index (κ2) is 6.75. The SMILES string of the molecule is [O-][S+](C=Cc1ccc(F)cc1)Cc1ccccc1Cl. The minimum Gasteiger partial charge on any atom is -0.612 e. The van der Waals surface area contributed by atoms with Gasteiger partial charge in [-0.2, -0.15) is 0 Å². The Kier molecular flexibility index (Phi) is 5.02. The topological polar surface area (TPSA) is 23.1 Å². The number of benzene rings is 2. The van der Waals surface area contributed by atoms with E-state index in [1.165, 1.54) is 12.1 Å².